The highest BCUT2D eigenvalue weighted by atomic mass is 16.5. The second-order valence-corrected chi connectivity index (χ2v) is 10.4. The van der Waals surface area contributed by atoms with Crippen LogP contribution in [-0.4, -0.2) is 70.9 Å². The van der Waals surface area contributed by atoms with E-state index < -0.39 is 6.04 Å². The molecule has 1 saturated carbocycles. The van der Waals surface area contributed by atoms with Crippen LogP contribution in [0.1, 0.15) is 75.5 Å². The molecule has 190 valence electrons. The first kappa shape index (κ1) is 26.2. The number of rotatable bonds is 8. The van der Waals surface area contributed by atoms with Gasteiger partial charge >= 0.3 is 0 Å². The van der Waals surface area contributed by atoms with Gasteiger partial charge < -0.3 is 25.4 Å². The van der Waals surface area contributed by atoms with Gasteiger partial charge in [-0.1, -0.05) is 19.0 Å². The van der Waals surface area contributed by atoms with Crippen molar-refractivity contribution < 1.29 is 18.9 Å². The van der Waals surface area contributed by atoms with Crippen LogP contribution in [0.15, 0.2) is 10.6 Å². The highest BCUT2D eigenvalue weighted by molar-refractivity contribution is 5.93. The number of nitrogens with one attached hydrogen (secondary N) is 1. The largest absolute Gasteiger partial charge is 0.361 e. The summed E-state index contributed by atoms with van der Waals surface area (Å²) in [6.45, 7) is 9.72. The van der Waals surface area contributed by atoms with Gasteiger partial charge in [0, 0.05) is 38.7 Å². The van der Waals surface area contributed by atoms with Crippen molar-refractivity contribution in [2.75, 3.05) is 26.2 Å². The van der Waals surface area contributed by atoms with Crippen LogP contribution in [0.25, 0.3) is 0 Å². The molecule has 2 aliphatic rings. The molecule has 2 atom stereocenters. The zero-order valence-corrected chi connectivity index (χ0v) is 21.1. The Hall–Kier alpha value is -2.42. The predicted molar refractivity (Wildman–Crippen MR) is 129 cm³/mol. The molecule has 1 unspecified atom stereocenters. The van der Waals surface area contributed by atoms with Crippen molar-refractivity contribution in [2.24, 2.45) is 23.5 Å². The molecule has 1 aliphatic carbocycles. The lowest BCUT2D eigenvalue weighted by atomic mass is 9.82. The second kappa shape index (κ2) is 11.8. The number of hydrogen-bond donors (Lipinski definition) is 2. The Kier molecular flexibility index (Phi) is 9.10. The summed E-state index contributed by atoms with van der Waals surface area (Å²) in [5, 5.41) is 7.02. The maximum Gasteiger partial charge on any atom is 0.276 e. The number of carbonyl (C=O) groups is 3. The van der Waals surface area contributed by atoms with Crippen molar-refractivity contribution in [3.8, 4) is 0 Å². The Bertz CT molecular complexity index is 846. The number of amides is 3. The molecule has 9 nitrogen and oxygen atoms in total. The topological polar surface area (TPSA) is 122 Å². The molecule has 2 fully saturated rings. The molecule has 0 spiro atoms. The van der Waals surface area contributed by atoms with E-state index in [0.29, 0.717) is 50.1 Å². The van der Waals surface area contributed by atoms with Gasteiger partial charge in [-0.3, -0.25) is 14.4 Å². The van der Waals surface area contributed by atoms with Gasteiger partial charge in [0.25, 0.3) is 5.91 Å². The van der Waals surface area contributed by atoms with E-state index in [9.17, 15) is 14.4 Å². The lowest BCUT2D eigenvalue weighted by Crippen LogP contribution is -2.58. The van der Waals surface area contributed by atoms with Gasteiger partial charge in [-0.15, -0.1) is 0 Å². The molecule has 34 heavy (non-hydrogen) atoms. The summed E-state index contributed by atoms with van der Waals surface area (Å²) in [7, 11) is 0. The molecule has 0 bridgehead atoms. The SMILES string of the molecule is CC(=O)N1CCC(N(CC(C)C)C(=O)c2cc(C)on2)C[C@@H]1C(=O)NCC1CCC(CN)CC1. The minimum absolute atomic E-state index is 0.115. The van der Waals surface area contributed by atoms with E-state index >= 15 is 0 Å². The third kappa shape index (κ3) is 6.58. The Morgan fingerprint density at radius 2 is 1.88 bits per heavy atom. The van der Waals surface area contributed by atoms with Crippen LogP contribution < -0.4 is 11.1 Å². The summed E-state index contributed by atoms with van der Waals surface area (Å²) in [6, 6.07) is 0.903. The van der Waals surface area contributed by atoms with Crippen molar-refractivity contribution in [2.45, 2.75) is 78.3 Å². The average molecular weight is 476 g/mol. The maximum atomic E-state index is 13.3. The van der Waals surface area contributed by atoms with Crippen LogP contribution >= 0.6 is 0 Å². The normalized spacial score (nSPS) is 25.3. The van der Waals surface area contributed by atoms with Crippen LogP contribution in [0, 0.1) is 24.7 Å². The van der Waals surface area contributed by atoms with Crippen LogP contribution in [0.2, 0.25) is 0 Å². The number of nitrogens with two attached hydrogens (primary N) is 1. The lowest BCUT2D eigenvalue weighted by Gasteiger charge is -2.43. The van der Waals surface area contributed by atoms with Gasteiger partial charge in [0.15, 0.2) is 5.69 Å². The van der Waals surface area contributed by atoms with E-state index in [0.717, 1.165) is 32.2 Å². The zero-order valence-electron chi connectivity index (χ0n) is 21.1. The number of hydrogen-bond acceptors (Lipinski definition) is 6. The molecule has 0 aromatic carbocycles. The first-order valence-corrected chi connectivity index (χ1v) is 12.7. The third-order valence-corrected chi connectivity index (χ3v) is 7.26. The van der Waals surface area contributed by atoms with Gasteiger partial charge in [0.2, 0.25) is 11.8 Å². The van der Waals surface area contributed by atoms with Crippen LogP contribution in [-0.2, 0) is 9.59 Å². The summed E-state index contributed by atoms with van der Waals surface area (Å²) < 4.78 is 5.12. The molecule has 1 aromatic heterocycles. The number of carbonyl (C=O) groups excluding carboxylic acids is 3. The lowest BCUT2D eigenvalue weighted by molar-refractivity contribution is -0.142. The molecule has 1 aliphatic heterocycles. The maximum absolute atomic E-state index is 13.3. The van der Waals surface area contributed by atoms with Crippen molar-refractivity contribution in [3.05, 3.63) is 17.5 Å². The molecule has 3 N–H and O–H groups in total. The molecule has 3 rings (SSSR count). The Labute approximate surface area is 202 Å². The number of aryl methyl sites for hydroxylation is 1. The molecular weight excluding hydrogens is 434 g/mol. The summed E-state index contributed by atoms with van der Waals surface area (Å²) in [4.78, 5) is 42.3. The van der Waals surface area contributed by atoms with Gasteiger partial charge in [-0.05, 0) is 69.7 Å². The number of nitrogens with zero attached hydrogens (tertiary/aromatic N) is 3. The molecule has 9 heteroatoms. The van der Waals surface area contributed by atoms with E-state index in [1.807, 2.05) is 4.90 Å². The average Bonchev–Trinajstić information content (AvgIpc) is 3.26. The highest BCUT2D eigenvalue weighted by Gasteiger charge is 2.39. The number of likely N-dealkylation sites (tertiary alicyclic amines) is 1. The minimum atomic E-state index is -0.585. The van der Waals surface area contributed by atoms with E-state index in [-0.39, 0.29) is 35.4 Å². The standard InChI is InChI=1S/C25H41N5O4/c1-16(2)15-30(25(33)22-11-17(3)34-28-22)21-9-10-29(18(4)31)23(12-21)24(32)27-14-20-7-5-19(13-26)6-8-20/h11,16,19-21,23H,5-10,12-15,26H2,1-4H3,(H,27,32)/t19?,20?,21?,23-/m1/s1. The van der Waals surface area contributed by atoms with E-state index in [2.05, 4.69) is 24.3 Å². The van der Waals surface area contributed by atoms with Gasteiger partial charge in [-0.25, -0.2) is 0 Å². The van der Waals surface area contributed by atoms with Crippen molar-refractivity contribution >= 4 is 17.7 Å². The van der Waals surface area contributed by atoms with E-state index in [4.69, 9.17) is 10.3 Å². The van der Waals surface area contributed by atoms with Crippen LogP contribution in [0.4, 0.5) is 0 Å². The second-order valence-electron chi connectivity index (χ2n) is 10.4. The summed E-state index contributed by atoms with van der Waals surface area (Å²) in [5.74, 6) is 1.44. The first-order chi connectivity index (χ1) is 16.2. The van der Waals surface area contributed by atoms with Crippen molar-refractivity contribution in [1.82, 2.24) is 20.3 Å². The highest BCUT2D eigenvalue weighted by Crippen LogP contribution is 2.28. The Morgan fingerprint density at radius 1 is 1.21 bits per heavy atom. The van der Waals surface area contributed by atoms with Crippen molar-refractivity contribution in [3.63, 3.8) is 0 Å². The molecule has 1 aromatic rings. The Balaban J connectivity index is 1.69. The fraction of sp³-hybridized carbons (Fsp3) is 0.760. The summed E-state index contributed by atoms with van der Waals surface area (Å²) in [6.07, 6.45) is 5.40. The van der Waals surface area contributed by atoms with Gasteiger partial charge in [0.05, 0.1) is 0 Å². The predicted octanol–water partition coefficient (Wildman–Crippen LogP) is 2.34. The van der Waals surface area contributed by atoms with Gasteiger partial charge in [-0.2, -0.15) is 0 Å². The number of piperidine rings is 1. The van der Waals surface area contributed by atoms with Crippen molar-refractivity contribution in [1.29, 1.82) is 0 Å². The van der Waals surface area contributed by atoms with Gasteiger partial charge in [0.1, 0.15) is 11.8 Å². The fourth-order valence-corrected chi connectivity index (χ4v) is 5.29. The summed E-state index contributed by atoms with van der Waals surface area (Å²) >= 11 is 0. The molecule has 3 amide bonds. The molecule has 2 heterocycles. The number of aromatic nitrogens is 1. The van der Waals surface area contributed by atoms with E-state index in [1.54, 1.807) is 17.9 Å². The van der Waals surface area contributed by atoms with E-state index in [1.165, 1.54) is 6.92 Å². The smallest absolute Gasteiger partial charge is 0.276 e. The molecule has 1 saturated heterocycles. The quantitative estimate of drug-likeness (QED) is 0.595. The first-order valence-electron chi connectivity index (χ1n) is 12.7. The molecular formula is C25H41N5O4. The molecule has 0 radical (unpaired) electrons. The van der Waals surface area contributed by atoms with Crippen LogP contribution in [0.3, 0.4) is 0 Å². The Morgan fingerprint density at radius 3 is 2.44 bits per heavy atom. The minimum Gasteiger partial charge on any atom is -0.361 e. The monoisotopic (exact) mass is 475 g/mol. The summed E-state index contributed by atoms with van der Waals surface area (Å²) in [5.41, 5.74) is 6.07. The third-order valence-electron chi connectivity index (χ3n) is 7.26. The van der Waals surface area contributed by atoms with Crippen LogP contribution in [0.5, 0.6) is 0 Å². The zero-order chi connectivity index (χ0) is 24.8. The fourth-order valence-electron chi connectivity index (χ4n) is 5.29.